The fourth-order valence-corrected chi connectivity index (χ4v) is 2.91. The van der Waals surface area contributed by atoms with Crippen LogP contribution < -0.4 is 11.1 Å². The SMILES string of the molecule is NCCN(C(=O)NC1CCCC1)C1CCOCC1. The van der Waals surface area contributed by atoms with Gasteiger partial charge in [0.1, 0.15) is 0 Å². The average Bonchev–Trinajstić information content (AvgIpc) is 2.89. The van der Waals surface area contributed by atoms with E-state index in [1.54, 1.807) is 0 Å². The van der Waals surface area contributed by atoms with E-state index < -0.39 is 0 Å². The highest BCUT2D eigenvalue weighted by atomic mass is 16.5. The molecule has 0 spiro atoms. The number of hydrogen-bond donors (Lipinski definition) is 2. The number of urea groups is 1. The fraction of sp³-hybridized carbons (Fsp3) is 0.923. The summed E-state index contributed by atoms with van der Waals surface area (Å²) in [5.41, 5.74) is 5.63. The Kier molecular flexibility index (Phi) is 5.26. The molecule has 0 bridgehead atoms. The van der Waals surface area contributed by atoms with Crippen molar-refractivity contribution in [2.24, 2.45) is 5.73 Å². The lowest BCUT2D eigenvalue weighted by Gasteiger charge is -2.34. The minimum atomic E-state index is 0.0688. The minimum absolute atomic E-state index is 0.0688. The molecule has 1 aliphatic carbocycles. The van der Waals surface area contributed by atoms with Gasteiger partial charge in [0.05, 0.1) is 0 Å². The summed E-state index contributed by atoms with van der Waals surface area (Å²) in [6.45, 7) is 2.67. The highest BCUT2D eigenvalue weighted by molar-refractivity contribution is 5.75. The largest absolute Gasteiger partial charge is 0.381 e. The van der Waals surface area contributed by atoms with Crippen LogP contribution in [-0.4, -0.2) is 49.3 Å². The molecule has 0 aromatic carbocycles. The van der Waals surface area contributed by atoms with Crippen LogP contribution in [0.25, 0.3) is 0 Å². The van der Waals surface area contributed by atoms with Gasteiger partial charge in [-0.15, -0.1) is 0 Å². The first kappa shape index (κ1) is 13.6. The Labute approximate surface area is 109 Å². The molecule has 2 rings (SSSR count). The van der Waals surface area contributed by atoms with Gasteiger partial charge >= 0.3 is 6.03 Å². The minimum Gasteiger partial charge on any atom is -0.381 e. The van der Waals surface area contributed by atoms with Gasteiger partial charge in [0.2, 0.25) is 0 Å². The third kappa shape index (κ3) is 3.59. The smallest absolute Gasteiger partial charge is 0.317 e. The third-order valence-corrected chi connectivity index (χ3v) is 3.95. The Morgan fingerprint density at radius 1 is 1.22 bits per heavy atom. The number of hydrogen-bond acceptors (Lipinski definition) is 3. The number of rotatable bonds is 4. The van der Waals surface area contributed by atoms with Gasteiger partial charge in [-0.25, -0.2) is 4.79 Å². The maximum Gasteiger partial charge on any atom is 0.317 e. The van der Waals surface area contributed by atoms with E-state index in [9.17, 15) is 4.79 Å². The van der Waals surface area contributed by atoms with Crippen molar-refractivity contribution in [3.8, 4) is 0 Å². The van der Waals surface area contributed by atoms with Crippen LogP contribution in [0, 0.1) is 0 Å². The Balaban J connectivity index is 1.87. The van der Waals surface area contributed by atoms with Crippen LogP contribution in [0.15, 0.2) is 0 Å². The van der Waals surface area contributed by atoms with Crippen LogP contribution in [0.2, 0.25) is 0 Å². The third-order valence-electron chi connectivity index (χ3n) is 3.95. The summed E-state index contributed by atoms with van der Waals surface area (Å²) in [6, 6.07) is 0.737. The van der Waals surface area contributed by atoms with Crippen LogP contribution in [0.5, 0.6) is 0 Å². The second-order valence-corrected chi connectivity index (χ2v) is 5.26. The van der Waals surface area contributed by atoms with Gasteiger partial charge in [0.25, 0.3) is 0 Å². The van der Waals surface area contributed by atoms with Crippen LogP contribution in [0.1, 0.15) is 38.5 Å². The van der Waals surface area contributed by atoms with E-state index in [2.05, 4.69) is 5.32 Å². The molecule has 5 heteroatoms. The van der Waals surface area contributed by atoms with Crippen LogP contribution >= 0.6 is 0 Å². The molecule has 1 heterocycles. The number of carbonyl (C=O) groups is 1. The molecule has 2 fully saturated rings. The maximum atomic E-state index is 12.3. The predicted molar refractivity (Wildman–Crippen MR) is 70.4 cm³/mol. The molecule has 0 radical (unpaired) electrons. The van der Waals surface area contributed by atoms with Gasteiger partial charge in [-0.1, -0.05) is 12.8 Å². The topological polar surface area (TPSA) is 67.6 Å². The molecule has 1 saturated carbocycles. The van der Waals surface area contributed by atoms with E-state index in [0.717, 1.165) is 38.9 Å². The van der Waals surface area contributed by atoms with E-state index in [-0.39, 0.29) is 6.03 Å². The predicted octanol–water partition coefficient (Wildman–Crippen LogP) is 1.08. The summed E-state index contributed by atoms with van der Waals surface area (Å²) in [5.74, 6) is 0. The van der Waals surface area contributed by atoms with Gasteiger partial charge in [0.15, 0.2) is 0 Å². The van der Waals surface area contributed by atoms with Crippen LogP contribution in [-0.2, 0) is 4.74 Å². The van der Waals surface area contributed by atoms with Crippen molar-refractivity contribution >= 4 is 6.03 Å². The first-order chi connectivity index (χ1) is 8.81. The Bertz CT molecular complexity index is 261. The first-order valence-corrected chi connectivity index (χ1v) is 7.16. The summed E-state index contributed by atoms with van der Waals surface area (Å²) in [5, 5.41) is 3.15. The molecule has 0 unspecified atom stereocenters. The lowest BCUT2D eigenvalue weighted by molar-refractivity contribution is 0.0462. The Morgan fingerprint density at radius 3 is 2.50 bits per heavy atom. The molecular formula is C13H25N3O2. The molecule has 2 amide bonds. The normalized spacial score (nSPS) is 22.1. The maximum absolute atomic E-state index is 12.3. The van der Waals surface area contributed by atoms with Crippen molar-refractivity contribution in [3.05, 3.63) is 0 Å². The summed E-state index contributed by atoms with van der Waals surface area (Å²) < 4.78 is 5.35. The lowest BCUT2D eigenvalue weighted by Crippen LogP contribution is -2.51. The van der Waals surface area contributed by atoms with E-state index in [0.29, 0.717) is 25.2 Å². The van der Waals surface area contributed by atoms with E-state index in [1.807, 2.05) is 4.90 Å². The Hall–Kier alpha value is -0.810. The van der Waals surface area contributed by atoms with Crippen molar-refractivity contribution in [2.45, 2.75) is 50.6 Å². The second-order valence-electron chi connectivity index (χ2n) is 5.26. The van der Waals surface area contributed by atoms with Crippen molar-refractivity contribution in [3.63, 3.8) is 0 Å². The summed E-state index contributed by atoms with van der Waals surface area (Å²) in [4.78, 5) is 14.2. The highest BCUT2D eigenvalue weighted by Crippen LogP contribution is 2.19. The van der Waals surface area contributed by atoms with Gasteiger partial charge in [-0.2, -0.15) is 0 Å². The second kappa shape index (κ2) is 6.95. The van der Waals surface area contributed by atoms with Gasteiger partial charge in [0, 0.05) is 38.4 Å². The number of nitrogens with two attached hydrogens (primary N) is 1. The molecule has 0 aromatic heterocycles. The number of nitrogens with zero attached hydrogens (tertiary/aromatic N) is 1. The summed E-state index contributed by atoms with van der Waals surface area (Å²) in [7, 11) is 0. The molecule has 3 N–H and O–H groups in total. The van der Waals surface area contributed by atoms with Gasteiger partial charge in [-0.05, 0) is 25.7 Å². The van der Waals surface area contributed by atoms with Crippen molar-refractivity contribution in [1.82, 2.24) is 10.2 Å². The zero-order chi connectivity index (χ0) is 12.8. The van der Waals surface area contributed by atoms with Gasteiger partial charge in [-0.3, -0.25) is 0 Å². The van der Waals surface area contributed by atoms with Crippen molar-refractivity contribution < 1.29 is 9.53 Å². The number of amides is 2. The molecule has 1 aliphatic heterocycles. The average molecular weight is 255 g/mol. The standard InChI is InChI=1S/C13H25N3O2/c14-7-8-16(12-5-9-18-10-6-12)13(17)15-11-3-1-2-4-11/h11-12H,1-10,14H2,(H,15,17). The van der Waals surface area contributed by atoms with Crippen LogP contribution in [0.3, 0.4) is 0 Å². The molecule has 0 aromatic rings. The highest BCUT2D eigenvalue weighted by Gasteiger charge is 2.27. The summed E-state index contributed by atoms with van der Waals surface area (Å²) in [6.07, 6.45) is 6.57. The molecule has 2 aliphatic rings. The van der Waals surface area contributed by atoms with E-state index >= 15 is 0 Å². The summed E-state index contributed by atoms with van der Waals surface area (Å²) >= 11 is 0. The lowest BCUT2D eigenvalue weighted by atomic mass is 10.1. The molecule has 5 nitrogen and oxygen atoms in total. The van der Waals surface area contributed by atoms with Crippen molar-refractivity contribution in [2.75, 3.05) is 26.3 Å². The number of carbonyl (C=O) groups excluding carboxylic acids is 1. The van der Waals surface area contributed by atoms with E-state index in [1.165, 1.54) is 12.8 Å². The quantitative estimate of drug-likeness (QED) is 0.790. The number of nitrogens with one attached hydrogen (secondary N) is 1. The monoisotopic (exact) mass is 255 g/mol. The van der Waals surface area contributed by atoms with Crippen molar-refractivity contribution in [1.29, 1.82) is 0 Å². The van der Waals surface area contributed by atoms with Crippen LogP contribution in [0.4, 0.5) is 4.79 Å². The molecule has 104 valence electrons. The molecular weight excluding hydrogens is 230 g/mol. The zero-order valence-corrected chi connectivity index (χ0v) is 11.1. The number of ether oxygens (including phenoxy) is 1. The molecule has 0 atom stereocenters. The van der Waals surface area contributed by atoms with E-state index in [4.69, 9.17) is 10.5 Å². The zero-order valence-electron chi connectivity index (χ0n) is 11.1. The molecule has 18 heavy (non-hydrogen) atoms. The van der Waals surface area contributed by atoms with Gasteiger partial charge < -0.3 is 20.7 Å². The first-order valence-electron chi connectivity index (χ1n) is 7.16. The fourth-order valence-electron chi connectivity index (χ4n) is 2.91. The molecule has 1 saturated heterocycles. The Morgan fingerprint density at radius 2 is 1.89 bits per heavy atom.